The fourth-order valence-electron chi connectivity index (χ4n) is 1.48. The number of carbonyl (C=O) groups is 1. The van der Waals surface area contributed by atoms with Crippen LogP contribution in [0.5, 0.6) is 0 Å². The van der Waals surface area contributed by atoms with Gasteiger partial charge in [-0.2, -0.15) is 5.21 Å². The van der Waals surface area contributed by atoms with Crippen LogP contribution < -0.4 is 5.32 Å². The van der Waals surface area contributed by atoms with Gasteiger partial charge in [-0.1, -0.05) is 35.5 Å². The molecule has 6 nitrogen and oxygen atoms in total. The SMILES string of the molecule is CC(NC(=O)C(Cl)c1ccccc1)c1nn[nH]n1. The Morgan fingerprint density at radius 1 is 1.39 bits per heavy atom. The maximum atomic E-state index is 11.9. The number of rotatable bonds is 4. The zero-order chi connectivity index (χ0) is 13.0. The molecule has 1 aromatic carbocycles. The molecule has 2 aromatic rings. The normalized spacial score (nSPS) is 13.9. The lowest BCUT2D eigenvalue weighted by Crippen LogP contribution is -2.30. The number of aromatic amines is 1. The molecular formula is C11H12ClN5O. The number of amides is 1. The predicted octanol–water partition coefficient (Wildman–Crippen LogP) is 1.36. The van der Waals surface area contributed by atoms with Crippen molar-refractivity contribution >= 4 is 17.5 Å². The van der Waals surface area contributed by atoms with E-state index in [0.29, 0.717) is 5.82 Å². The molecule has 1 aromatic heterocycles. The van der Waals surface area contributed by atoms with Gasteiger partial charge in [-0.15, -0.1) is 21.8 Å². The molecule has 0 aliphatic heterocycles. The predicted molar refractivity (Wildman–Crippen MR) is 65.8 cm³/mol. The third-order valence-electron chi connectivity index (χ3n) is 2.43. The van der Waals surface area contributed by atoms with E-state index in [1.54, 1.807) is 19.1 Å². The van der Waals surface area contributed by atoms with Gasteiger partial charge in [0.15, 0.2) is 5.82 Å². The molecule has 18 heavy (non-hydrogen) atoms. The minimum Gasteiger partial charge on any atom is -0.345 e. The molecule has 7 heteroatoms. The molecule has 2 rings (SSSR count). The van der Waals surface area contributed by atoms with Gasteiger partial charge in [-0.3, -0.25) is 4.79 Å². The van der Waals surface area contributed by atoms with Gasteiger partial charge in [0, 0.05) is 0 Å². The Hall–Kier alpha value is -1.95. The van der Waals surface area contributed by atoms with E-state index < -0.39 is 5.38 Å². The zero-order valence-electron chi connectivity index (χ0n) is 9.67. The number of nitrogens with zero attached hydrogens (tertiary/aromatic N) is 3. The number of carbonyl (C=O) groups excluding carboxylic acids is 1. The van der Waals surface area contributed by atoms with Crippen molar-refractivity contribution in [3.8, 4) is 0 Å². The molecule has 2 atom stereocenters. The van der Waals surface area contributed by atoms with Crippen LogP contribution in [0.3, 0.4) is 0 Å². The molecule has 0 saturated carbocycles. The van der Waals surface area contributed by atoms with Gasteiger partial charge in [0.1, 0.15) is 5.38 Å². The van der Waals surface area contributed by atoms with Gasteiger partial charge in [0.05, 0.1) is 6.04 Å². The van der Waals surface area contributed by atoms with Crippen LogP contribution in [0, 0.1) is 0 Å². The Morgan fingerprint density at radius 2 is 2.11 bits per heavy atom. The largest absolute Gasteiger partial charge is 0.345 e. The Balaban J connectivity index is 2.00. The highest BCUT2D eigenvalue weighted by Crippen LogP contribution is 2.21. The Kier molecular flexibility index (Phi) is 3.88. The molecule has 0 aliphatic rings. The van der Waals surface area contributed by atoms with E-state index in [9.17, 15) is 4.79 Å². The van der Waals surface area contributed by atoms with Crippen molar-refractivity contribution < 1.29 is 4.79 Å². The lowest BCUT2D eigenvalue weighted by atomic mass is 10.1. The molecule has 2 unspecified atom stereocenters. The number of aromatic nitrogens is 4. The second kappa shape index (κ2) is 5.59. The van der Waals surface area contributed by atoms with Crippen LogP contribution in [0.1, 0.15) is 29.7 Å². The summed E-state index contributed by atoms with van der Waals surface area (Å²) in [5, 5.41) is 15.3. The highest BCUT2D eigenvalue weighted by atomic mass is 35.5. The van der Waals surface area contributed by atoms with Crippen molar-refractivity contribution in [3.63, 3.8) is 0 Å². The topological polar surface area (TPSA) is 83.6 Å². The minimum atomic E-state index is -0.736. The maximum Gasteiger partial charge on any atom is 0.243 e. The van der Waals surface area contributed by atoms with Gasteiger partial charge < -0.3 is 5.32 Å². The van der Waals surface area contributed by atoms with E-state index in [-0.39, 0.29) is 11.9 Å². The Bertz CT molecular complexity index is 501. The maximum absolute atomic E-state index is 11.9. The summed E-state index contributed by atoms with van der Waals surface area (Å²) >= 11 is 6.09. The zero-order valence-corrected chi connectivity index (χ0v) is 10.4. The number of benzene rings is 1. The van der Waals surface area contributed by atoms with Crippen LogP contribution in [0.4, 0.5) is 0 Å². The summed E-state index contributed by atoms with van der Waals surface area (Å²) in [6, 6.07) is 8.79. The van der Waals surface area contributed by atoms with E-state index >= 15 is 0 Å². The Labute approximate surface area is 109 Å². The van der Waals surface area contributed by atoms with Crippen LogP contribution in [0.25, 0.3) is 0 Å². The number of alkyl halides is 1. The number of hydrogen-bond donors (Lipinski definition) is 2. The van der Waals surface area contributed by atoms with Gasteiger partial charge in [-0.25, -0.2) is 0 Å². The second-order valence-electron chi connectivity index (χ2n) is 3.77. The van der Waals surface area contributed by atoms with Gasteiger partial charge in [0.2, 0.25) is 5.91 Å². The molecule has 0 radical (unpaired) electrons. The molecular weight excluding hydrogens is 254 g/mol. The number of halogens is 1. The van der Waals surface area contributed by atoms with E-state index in [1.165, 1.54) is 0 Å². The lowest BCUT2D eigenvalue weighted by Gasteiger charge is -2.13. The monoisotopic (exact) mass is 265 g/mol. The van der Waals surface area contributed by atoms with Crippen LogP contribution in [-0.4, -0.2) is 26.5 Å². The molecule has 0 bridgehead atoms. The average Bonchev–Trinajstić information content (AvgIpc) is 2.92. The smallest absolute Gasteiger partial charge is 0.243 e. The molecule has 2 N–H and O–H groups in total. The van der Waals surface area contributed by atoms with Crippen LogP contribution >= 0.6 is 11.6 Å². The third-order valence-corrected chi connectivity index (χ3v) is 2.88. The van der Waals surface area contributed by atoms with Gasteiger partial charge in [-0.05, 0) is 12.5 Å². The number of hydrogen-bond acceptors (Lipinski definition) is 4. The van der Waals surface area contributed by atoms with Crippen LogP contribution in [0.2, 0.25) is 0 Å². The van der Waals surface area contributed by atoms with Crippen molar-refractivity contribution in [2.45, 2.75) is 18.3 Å². The van der Waals surface area contributed by atoms with Gasteiger partial charge >= 0.3 is 0 Å². The van der Waals surface area contributed by atoms with Crippen LogP contribution in [-0.2, 0) is 4.79 Å². The van der Waals surface area contributed by atoms with Crippen LogP contribution in [0.15, 0.2) is 30.3 Å². The fraction of sp³-hybridized carbons (Fsp3) is 0.273. The van der Waals surface area contributed by atoms with Crippen molar-refractivity contribution in [1.29, 1.82) is 0 Å². The summed E-state index contributed by atoms with van der Waals surface area (Å²) in [7, 11) is 0. The quantitative estimate of drug-likeness (QED) is 0.818. The van der Waals surface area contributed by atoms with E-state index in [4.69, 9.17) is 11.6 Å². The molecule has 0 fully saturated rings. The first-order chi connectivity index (χ1) is 8.68. The number of tetrazole rings is 1. The van der Waals surface area contributed by atoms with E-state index in [0.717, 1.165) is 5.56 Å². The molecule has 94 valence electrons. The minimum absolute atomic E-state index is 0.292. The number of H-pyrrole nitrogens is 1. The molecule has 0 aliphatic carbocycles. The lowest BCUT2D eigenvalue weighted by molar-refractivity contribution is -0.121. The molecule has 1 heterocycles. The fourth-order valence-corrected chi connectivity index (χ4v) is 1.69. The third kappa shape index (κ3) is 2.84. The molecule has 0 spiro atoms. The molecule has 0 saturated heterocycles. The van der Waals surface area contributed by atoms with Crippen molar-refractivity contribution in [3.05, 3.63) is 41.7 Å². The van der Waals surface area contributed by atoms with Crippen molar-refractivity contribution in [2.24, 2.45) is 0 Å². The summed E-state index contributed by atoms with van der Waals surface area (Å²) in [5.74, 6) is 0.125. The summed E-state index contributed by atoms with van der Waals surface area (Å²) in [4.78, 5) is 11.9. The van der Waals surface area contributed by atoms with Crippen molar-refractivity contribution in [1.82, 2.24) is 25.9 Å². The summed E-state index contributed by atoms with van der Waals surface area (Å²) in [5.41, 5.74) is 0.747. The summed E-state index contributed by atoms with van der Waals surface area (Å²) < 4.78 is 0. The van der Waals surface area contributed by atoms with Crippen molar-refractivity contribution in [2.75, 3.05) is 0 Å². The summed E-state index contributed by atoms with van der Waals surface area (Å²) in [6.45, 7) is 1.76. The highest BCUT2D eigenvalue weighted by molar-refractivity contribution is 6.30. The summed E-state index contributed by atoms with van der Waals surface area (Å²) in [6.07, 6.45) is 0. The first kappa shape index (κ1) is 12.5. The standard InChI is InChI=1S/C11H12ClN5O/c1-7(10-14-16-17-15-10)13-11(18)9(12)8-5-3-2-4-6-8/h2-7,9H,1H3,(H,13,18)(H,14,15,16,17). The molecule has 1 amide bonds. The van der Waals surface area contributed by atoms with E-state index in [2.05, 4.69) is 25.9 Å². The average molecular weight is 266 g/mol. The first-order valence-electron chi connectivity index (χ1n) is 5.41. The van der Waals surface area contributed by atoms with E-state index in [1.807, 2.05) is 18.2 Å². The highest BCUT2D eigenvalue weighted by Gasteiger charge is 2.21. The number of nitrogens with one attached hydrogen (secondary N) is 2. The second-order valence-corrected chi connectivity index (χ2v) is 4.21. The van der Waals surface area contributed by atoms with Gasteiger partial charge in [0.25, 0.3) is 0 Å². The Morgan fingerprint density at radius 3 is 2.72 bits per heavy atom. The first-order valence-corrected chi connectivity index (χ1v) is 5.85.